The van der Waals surface area contributed by atoms with Crippen LogP contribution >= 0.6 is 23.2 Å². The van der Waals surface area contributed by atoms with Crippen LogP contribution in [0.4, 0.5) is 5.69 Å². The Bertz CT molecular complexity index is 1120. The molecule has 0 aliphatic rings. The first-order chi connectivity index (χ1) is 15.8. The van der Waals surface area contributed by atoms with Crippen molar-refractivity contribution in [3.63, 3.8) is 0 Å². The second-order valence-corrected chi connectivity index (χ2v) is 10.8. The number of nitrogens with zero attached hydrogens (tertiary/aromatic N) is 2. The average Bonchev–Trinajstić information content (AvgIpc) is 2.76. The Balaban J connectivity index is 2.40. The summed E-state index contributed by atoms with van der Waals surface area (Å²) in [6, 6.07) is 10.2. The fraction of sp³-hybridized carbons (Fsp3) is 0.391. The Labute approximate surface area is 210 Å². The molecule has 0 saturated carbocycles. The van der Waals surface area contributed by atoms with E-state index in [0.717, 1.165) is 10.6 Å². The van der Waals surface area contributed by atoms with Crippen molar-refractivity contribution < 1.29 is 22.7 Å². The molecule has 1 N–H and O–H groups in total. The highest BCUT2D eigenvalue weighted by atomic mass is 35.5. The van der Waals surface area contributed by atoms with Gasteiger partial charge in [-0.25, -0.2) is 8.42 Å². The number of nitrogens with one attached hydrogen (secondary N) is 1. The molecule has 2 rings (SSSR count). The van der Waals surface area contributed by atoms with Crippen LogP contribution in [-0.4, -0.2) is 57.1 Å². The van der Waals surface area contributed by atoms with Crippen molar-refractivity contribution in [1.82, 2.24) is 10.2 Å². The topological polar surface area (TPSA) is 96.0 Å². The second kappa shape index (κ2) is 11.8. The van der Waals surface area contributed by atoms with Gasteiger partial charge in [0, 0.05) is 12.6 Å². The van der Waals surface area contributed by atoms with Gasteiger partial charge in [0.1, 0.15) is 18.3 Å². The lowest BCUT2D eigenvalue weighted by Crippen LogP contribution is -2.52. The molecule has 1 atom stereocenters. The number of carbonyl (C=O) groups is 2. The van der Waals surface area contributed by atoms with E-state index >= 15 is 0 Å². The van der Waals surface area contributed by atoms with Crippen molar-refractivity contribution >= 4 is 50.7 Å². The highest BCUT2D eigenvalue weighted by molar-refractivity contribution is 7.92. The largest absolute Gasteiger partial charge is 0.497 e. The van der Waals surface area contributed by atoms with Crippen LogP contribution in [0, 0.1) is 0 Å². The van der Waals surface area contributed by atoms with E-state index in [1.807, 2.05) is 13.8 Å². The Morgan fingerprint density at radius 2 is 1.65 bits per heavy atom. The van der Waals surface area contributed by atoms with Gasteiger partial charge in [0.25, 0.3) is 0 Å². The lowest BCUT2D eigenvalue weighted by atomic mass is 10.1. The Morgan fingerprint density at radius 1 is 1.03 bits per heavy atom. The van der Waals surface area contributed by atoms with Crippen molar-refractivity contribution in [1.29, 1.82) is 0 Å². The summed E-state index contributed by atoms with van der Waals surface area (Å²) in [6.07, 6.45) is 1.02. The van der Waals surface area contributed by atoms with Crippen LogP contribution in [-0.2, 0) is 26.2 Å². The van der Waals surface area contributed by atoms with Gasteiger partial charge in [-0.1, -0.05) is 29.3 Å². The SMILES string of the molecule is COc1ccc(N(CC(=O)N(Cc2ccc(Cl)c(Cl)c2)[C@H](C)C(=O)NC(C)C)S(C)(=O)=O)cc1. The Hall–Kier alpha value is -2.49. The van der Waals surface area contributed by atoms with Gasteiger partial charge in [0.15, 0.2) is 0 Å². The number of halogens is 2. The minimum Gasteiger partial charge on any atom is -0.497 e. The van der Waals surface area contributed by atoms with Crippen molar-refractivity contribution in [3.05, 3.63) is 58.1 Å². The molecular weight excluding hydrogens is 501 g/mol. The molecule has 0 bridgehead atoms. The molecule has 34 heavy (non-hydrogen) atoms. The van der Waals surface area contributed by atoms with E-state index < -0.39 is 28.5 Å². The number of ether oxygens (including phenoxy) is 1. The van der Waals surface area contributed by atoms with Gasteiger partial charge in [0.2, 0.25) is 21.8 Å². The fourth-order valence-corrected chi connectivity index (χ4v) is 4.35. The van der Waals surface area contributed by atoms with E-state index in [2.05, 4.69) is 5.32 Å². The van der Waals surface area contributed by atoms with Crippen LogP contribution in [0.25, 0.3) is 0 Å². The van der Waals surface area contributed by atoms with E-state index in [0.29, 0.717) is 27.0 Å². The fourth-order valence-electron chi connectivity index (χ4n) is 3.18. The van der Waals surface area contributed by atoms with Crippen LogP contribution < -0.4 is 14.4 Å². The van der Waals surface area contributed by atoms with Gasteiger partial charge in [-0.3, -0.25) is 13.9 Å². The smallest absolute Gasteiger partial charge is 0.244 e. The summed E-state index contributed by atoms with van der Waals surface area (Å²) in [4.78, 5) is 27.5. The third kappa shape index (κ3) is 7.51. The van der Waals surface area contributed by atoms with Crippen LogP contribution in [0.3, 0.4) is 0 Å². The van der Waals surface area contributed by atoms with Gasteiger partial charge in [-0.15, -0.1) is 0 Å². The lowest BCUT2D eigenvalue weighted by molar-refractivity contribution is -0.139. The number of carbonyl (C=O) groups excluding carboxylic acids is 2. The van der Waals surface area contributed by atoms with E-state index in [4.69, 9.17) is 27.9 Å². The van der Waals surface area contributed by atoms with E-state index in [-0.39, 0.29) is 18.5 Å². The minimum absolute atomic E-state index is 0.0304. The van der Waals surface area contributed by atoms with Crippen molar-refractivity contribution in [2.24, 2.45) is 0 Å². The number of methoxy groups -OCH3 is 1. The molecule has 0 spiro atoms. The molecule has 0 aromatic heterocycles. The van der Waals surface area contributed by atoms with Gasteiger partial charge in [0.05, 0.1) is 29.1 Å². The Kier molecular flexibility index (Phi) is 9.61. The normalized spacial score (nSPS) is 12.2. The van der Waals surface area contributed by atoms with Gasteiger partial charge < -0.3 is 15.0 Å². The maximum Gasteiger partial charge on any atom is 0.244 e. The average molecular weight is 530 g/mol. The maximum atomic E-state index is 13.4. The zero-order valence-electron chi connectivity index (χ0n) is 19.7. The number of amides is 2. The predicted octanol–water partition coefficient (Wildman–Crippen LogP) is 3.71. The first kappa shape index (κ1) is 27.8. The molecule has 0 heterocycles. The maximum absolute atomic E-state index is 13.4. The molecule has 0 aliphatic heterocycles. The summed E-state index contributed by atoms with van der Waals surface area (Å²) in [7, 11) is -2.31. The number of hydrogen-bond donors (Lipinski definition) is 1. The molecule has 11 heteroatoms. The first-order valence-corrected chi connectivity index (χ1v) is 13.1. The van der Waals surface area contributed by atoms with Crippen LogP contribution in [0.5, 0.6) is 5.75 Å². The van der Waals surface area contributed by atoms with E-state index in [1.54, 1.807) is 49.4 Å². The molecule has 2 aromatic carbocycles. The number of anilines is 1. The number of benzene rings is 2. The molecule has 2 amide bonds. The summed E-state index contributed by atoms with van der Waals surface area (Å²) in [6.45, 7) is 4.75. The quantitative estimate of drug-likeness (QED) is 0.506. The van der Waals surface area contributed by atoms with E-state index in [1.165, 1.54) is 12.0 Å². The molecule has 186 valence electrons. The monoisotopic (exact) mass is 529 g/mol. The van der Waals surface area contributed by atoms with Crippen molar-refractivity contribution in [2.45, 2.75) is 39.4 Å². The summed E-state index contributed by atoms with van der Waals surface area (Å²) >= 11 is 12.1. The third-order valence-corrected chi connectivity index (χ3v) is 6.85. The summed E-state index contributed by atoms with van der Waals surface area (Å²) in [5.74, 6) is -0.374. The predicted molar refractivity (Wildman–Crippen MR) is 135 cm³/mol. The molecule has 0 aliphatic carbocycles. The van der Waals surface area contributed by atoms with Crippen LogP contribution in [0.2, 0.25) is 10.0 Å². The van der Waals surface area contributed by atoms with Gasteiger partial charge in [-0.05, 0) is 62.7 Å². The molecule has 2 aromatic rings. The zero-order chi connectivity index (χ0) is 25.6. The molecule has 0 fully saturated rings. The van der Waals surface area contributed by atoms with Gasteiger partial charge in [-0.2, -0.15) is 0 Å². The van der Waals surface area contributed by atoms with Gasteiger partial charge >= 0.3 is 0 Å². The summed E-state index contributed by atoms with van der Waals surface area (Å²) in [5, 5.41) is 3.45. The number of sulfonamides is 1. The van der Waals surface area contributed by atoms with Crippen molar-refractivity contribution in [2.75, 3.05) is 24.2 Å². The van der Waals surface area contributed by atoms with E-state index in [9.17, 15) is 18.0 Å². The molecule has 0 unspecified atom stereocenters. The van der Waals surface area contributed by atoms with Crippen LogP contribution in [0.15, 0.2) is 42.5 Å². The Morgan fingerprint density at radius 3 is 2.15 bits per heavy atom. The number of hydrogen-bond acceptors (Lipinski definition) is 5. The molecule has 8 nitrogen and oxygen atoms in total. The molecule has 0 saturated heterocycles. The standard InChI is InChI=1S/C23H29Cl2N3O5S/c1-15(2)26-23(30)16(3)27(13-17-6-11-20(24)21(25)12-17)22(29)14-28(34(5,31)32)18-7-9-19(33-4)10-8-18/h6-12,15-16H,13-14H2,1-5H3,(H,26,30)/t16-/m1/s1. The summed E-state index contributed by atoms with van der Waals surface area (Å²) in [5.41, 5.74) is 0.938. The minimum atomic E-state index is -3.81. The number of rotatable bonds is 10. The highest BCUT2D eigenvalue weighted by Gasteiger charge is 2.30. The van der Waals surface area contributed by atoms with Crippen molar-refractivity contribution in [3.8, 4) is 5.75 Å². The zero-order valence-corrected chi connectivity index (χ0v) is 22.0. The second-order valence-electron chi connectivity index (χ2n) is 8.08. The first-order valence-electron chi connectivity index (χ1n) is 10.5. The molecular formula is C23H29Cl2N3O5S. The third-order valence-electron chi connectivity index (χ3n) is 4.97. The van der Waals surface area contributed by atoms with Crippen LogP contribution in [0.1, 0.15) is 26.3 Å². The summed E-state index contributed by atoms with van der Waals surface area (Å²) < 4.78 is 31.2. The lowest BCUT2D eigenvalue weighted by Gasteiger charge is -2.32. The molecule has 0 radical (unpaired) electrons. The highest BCUT2D eigenvalue weighted by Crippen LogP contribution is 2.25.